The molecule has 1 N–H and O–H groups in total. The number of aromatic amines is 1. The Morgan fingerprint density at radius 3 is 2.52 bits per heavy atom. The minimum Gasteiger partial charge on any atom is -0.341 e. The second-order valence-corrected chi connectivity index (χ2v) is 7.43. The highest BCUT2D eigenvalue weighted by molar-refractivity contribution is 7.09. The first-order valence-corrected chi connectivity index (χ1v) is 9.67. The summed E-state index contributed by atoms with van der Waals surface area (Å²) >= 11 is 1.75. The largest absolute Gasteiger partial charge is 0.341 e. The van der Waals surface area contributed by atoms with Crippen LogP contribution in [-0.2, 0) is 13.1 Å². The molecule has 0 saturated carbocycles. The van der Waals surface area contributed by atoms with Crippen LogP contribution in [0.25, 0.3) is 11.4 Å². The summed E-state index contributed by atoms with van der Waals surface area (Å²) in [5, 5.41) is 3.27. The number of nitrogens with one attached hydrogen (secondary N) is 1. The van der Waals surface area contributed by atoms with Gasteiger partial charge in [-0.05, 0) is 19.5 Å². The molecule has 1 aromatic carbocycles. The molecule has 0 unspecified atom stereocenters. The summed E-state index contributed by atoms with van der Waals surface area (Å²) in [6.07, 6.45) is 5.07. The van der Waals surface area contributed by atoms with Gasteiger partial charge in [-0.25, -0.2) is 9.97 Å². The number of hydrogen-bond acceptors (Lipinski definition) is 5. The molecule has 1 aliphatic heterocycles. The van der Waals surface area contributed by atoms with E-state index >= 15 is 0 Å². The molecule has 1 aliphatic rings. The van der Waals surface area contributed by atoms with E-state index in [0.717, 1.165) is 50.7 Å². The summed E-state index contributed by atoms with van der Waals surface area (Å²) in [5.41, 5.74) is 2.33. The topological polar surface area (TPSA) is 48.1 Å². The Balaban J connectivity index is 1.33. The summed E-state index contributed by atoms with van der Waals surface area (Å²) in [7, 11) is 0. The van der Waals surface area contributed by atoms with Crippen LogP contribution in [0.1, 0.15) is 17.1 Å². The Bertz CT molecular complexity index is 768. The molecule has 0 atom stereocenters. The third-order valence-electron chi connectivity index (χ3n) is 4.59. The van der Waals surface area contributed by atoms with Crippen molar-refractivity contribution in [3.05, 3.63) is 58.8 Å². The van der Waals surface area contributed by atoms with Gasteiger partial charge in [0.05, 0.1) is 6.54 Å². The van der Waals surface area contributed by atoms with Gasteiger partial charge < -0.3 is 4.98 Å². The molecule has 1 fully saturated rings. The highest BCUT2D eigenvalue weighted by Crippen LogP contribution is 2.17. The smallest absolute Gasteiger partial charge is 0.137 e. The summed E-state index contributed by atoms with van der Waals surface area (Å²) in [6.45, 7) is 6.38. The van der Waals surface area contributed by atoms with E-state index in [1.54, 1.807) is 11.3 Å². The molecule has 0 spiro atoms. The highest BCUT2D eigenvalue weighted by atomic mass is 32.1. The second kappa shape index (κ2) is 7.91. The average molecular weight is 353 g/mol. The van der Waals surface area contributed by atoms with Crippen LogP contribution in [-0.4, -0.2) is 50.9 Å². The van der Waals surface area contributed by atoms with E-state index in [1.165, 1.54) is 17.1 Å². The molecule has 2 aromatic heterocycles. The van der Waals surface area contributed by atoms with Gasteiger partial charge in [-0.3, -0.25) is 9.80 Å². The van der Waals surface area contributed by atoms with Crippen LogP contribution in [0.5, 0.6) is 0 Å². The Morgan fingerprint density at radius 1 is 0.960 bits per heavy atom. The monoisotopic (exact) mass is 353 g/mol. The van der Waals surface area contributed by atoms with Gasteiger partial charge in [0.2, 0.25) is 0 Å². The van der Waals surface area contributed by atoms with Crippen LogP contribution in [0, 0.1) is 0 Å². The Morgan fingerprint density at radius 2 is 1.76 bits per heavy atom. The van der Waals surface area contributed by atoms with Gasteiger partial charge in [-0.1, -0.05) is 30.3 Å². The number of benzene rings is 1. The molecule has 0 radical (unpaired) electrons. The number of nitrogens with zero attached hydrogens (tertiary/aromatic N) is 4. The van der Waals surface area contributed by atoms with E-state index in [0.29, 0.717) is 0 Å². The zero-order valence-electron chi connectivity index (χ0n) is 14.3. The third-order valence-corrected chi connectivity index (χ3v) is 5.36. The molecule has 1 saturated heterocycles. The molecular weight excluding hydrogens is 330 g/mol. The third kappa shape index (κ3) is 4.34. The maximum Gasteiger partial charge on any atom is 0.137 e. The van der Waals surface area contributed by atoms with E-state index in [4.69, 9.17) is 0 Å². The van der Waals surface area contributed by atoms with Crippen molar-refractivity contribution in [2.24, 2.45) is 0 Å². The van der Waals surface area contributed by atoms with E-state index in [1.807, 2.05) is 30.6 Å². The summed E-state index contributed by atoms with van der Waals surface area (Å²) in [5.74, 6) is 0.954. The number of thiazole rings is 1. The number of rotatable bonds is 5. The lowest BCUT2D eigenvalue weighted by atomic mass is 10.2. The molecule has 3 aromatic rings. The Hall–Kier alpha value is -2.02. The van der Waals surface area contributed by atoms with Crippen molar-refractivity contribution in [3.8, 4) is 11.4 Å². The molecule has 0 amide bonds. The standard InChI is InChI=1S/C19H23N5S/c1-2-5-16(6-3-1)19-21-13-17(22-19)14-23-8-4-9-24(11-10-23)15-18-20-7-12-25-18/h1-3,5-7,12-13H,4,8-11,14-15H2,(H,21,22). The molecule has 4 rings (SSSR count). The first-order valence-electron chi connectivity index (χ1n) is 8.79. The predicted molar refractivity (Wildman–Crippen MR) is 101 cm³/mol. The number of imidazole rings is 1. The van der Waals surface area contributed by atoms with Gasteiger partial charge in [0.25, 0.3) is 0 Å². The van der Waals surface area contributed by atoms with Gasteiger partial charge in [0.1, 0.15) is 10.8 Å². The Labute approximate surface area is 152 Å². The fraction of sp³-hybridized carbons (Fsp3) is 0.368. The minimum absolute atomic E-state index is 0.935. The van der Waals surface area contributed by atoms with Crippen LogP contribution in [0.15, 0.2) is 48.1 Å². The first-order chi connectivity index (χ1) is 12.4. The molecule has 0 aliphatic carbocycles. The van der Waals surface area contributed by atoms with Gasteiger partial charge in [-0.15, -0.1) is 11.3 Å². The molecule has 6 heteroatoms. The zero-order chi connectivity index (χ0) is 16.9. The van der Waals surface area contributed by atoms with Crippen molar-refractivity contribution in [2.75, 3.05) is 26.2 Å². The number of H-pyrrole nitrogens is 1. The quantitative estimate of drug-likeness (QED) is 0.765. The fourth-order valence-electron chi connectivity index (χ4n) is 3.29. The lowest BCUT2D eigenvalue weighted by Crippen LogP contribution is -2.30. The molecule has 25 heavy (non-hydrogen) atoms. The maximum absolute atomic E-state index is 4.54. The lowest BCUT2D eigenvalue weighted by molar-refractivity contribution is 0.245. The van der Waals surface area contributed by atoms with Gasteiger partial charge in [0, 0.05) is 48.7 Å². The molecule has 3 heterocycles. The van der Waals surface area contributed by atoms with Crippen molar-refractivity contribution < 1.29 is 0 Å². The van der Waals surface area contributed by atoms with E-state index in [9.17, 15) is 0 Å². The Kier molecular flexibility index (Phi) is 5.20. The summed E-state index contributed by atoms with van der Waals surface area (Å²) in [4.78, 5) is 17.5. The number of aromatic nitrogens is 3. The van der Waals surface area contributed by atoms with Crippen LogP contribution in [0.4, 0.5) is 0 Å². The maximum atomic E-state index is 4.54. The van der Waals surface area contributed by atoms with Crippen LogP contribution in [0.2, 0.25) is 0 Å². The van der Waals surface area contributed by atoms with Gasteiger partial charge >= 0.3 is 0 Å². The molecule has 130 valence electrons. The second-order valence-electron chi connectivity index (χ2n) is 6.45. The van der Waals surface area contributed by atoms with Crippen LogP contribution < -0.4 is 0 Å². The SMILES string of the molecule is c1ccc(-c2ncc(CN3CCCN(Cc4nccs4)CC3)[nH]2)cc1. The minimum atomic E-state index is 0.935. The molecular formula is C19H23N5S. The summed E-state index contributed by atoms with van der Waals surface area (Å²) < 4.78 is 0. The summed E-state index contributed by atoms with van der Waals surface area (Å²) in [6, 6.07) is 10.3. The van der Waals surface area contributed by atoms with Gasteiger partial charge in [0.15, 0.2) is 0 Å². The normalized spacial score (nSPS) is 16.8. The molecule has 5 nitrogen and oxygen atoms in total. The van der Waals surface area contributed by atoms with Crippen molar-refractivity contribution >= 4 is 11.3 Å². The van der Waals surface area contributed by atoms with Crippen LogP contribution >= 0.6 is 11.3 Å². The van der Waals surface area contributed by atoms with Crippen molar-refractivity contribution in [1.82, 2.24) is 24.8 Å². The highest BCUT2D eigenvalue weighted by Gasteiger charge is 2.16. The first kappa shape index (κ1) is 16.4. The van der Waals surface area contributed by atoms with Crippen molar-refractivity contribution in [2.45, 2.75) is 19.5 Å². The number of hydrogen-bond donors (Lipinski definition) is 1. The lowest BCUT2D eigenvalue weighted by Gasteiger charge is -2.20. The van der Waals surface area contributed by atoms with E-state index < -0.39 is 0 Å². The fourth-order valence-corrected chi connectivity index (χ4v) is 3.94. The van der Waals surface area contributed by atoms with E-state index in [-0.39, 0.29) is 0 Å². The zero-order valence-corrected chi connectivity index (χ0v) is 15.1. The predicted octanol–water partition coefficient (Wildman–Crippen LogP) is 3.24. The average Bonchev–Trinajstić information content (AvgIpc) is 3.27. The van der Waals surface area contributed by atoms with Crippen LogP contribution in [0.3, 0.4) is 0 Å². The van der Waals surface area contributed by atoms with Crippen molar-refractivity contribution in [1.29, 1.82) is 0 Å². The molecule has 0 bridgehead atoms. The van der Waals surface area contributed by atoms with Crippen molar-refractivity contribution in [3.63, 3.8) is 0 Å². The van der Waals surface area contributed by atoms with Gasteiger partial charge in [-0.2, -0.15) is 0 Å². The van der Waals surface area contributed by atoms with E-state index in [2.05, 4.69) is 42.3 Å².